The number of piperidine rings is 1. The number of hydrogen-bond acceptors (Lipinski definition) is 4. The van der Waals surface area contributed by atoms with Crippen LogP contribution in [0.25, 0.3) is 0 Å². The predicted octanol–water partition coefficient (Wildman–Crippen LogP) is 1.47. The van der Waals surface area contributed by atoms with E-state index in [1.54, 1.807) is 0 Å². The van der Waals surface area contributed by atoms with E-state index in [0.29, 0.717) is 5.84 Å². The molecule has 1 rings (SSSR count). The van der Waals surface area contributed by atoms with E-state index in [0.717, 1.165) is 25.4 Å². The first kappa shape index (κ1) is 16.2. The van der Waals surface area contributed by atoms with Crippen LogP contribution in [0, 0.1) is 11.3 Å². The number of likely N-dealkylation sites (tertiary alicyclic amines) is 1. The third-order valence-electron chi connectivity index (χ3n) is 4.32. The highest BCUT2D eigenvalue weighted by atomic mass is 16.4. The number of oxime groups is 1. The molecular formula is C14H30N4O. The van der Waals surface area contributed by atoms with Crippen molar-refractivity contribution >= 4 is 5.84 Å². The van der Waals surface area contributed by atoms with E-state index >= 15 is 0 Å². The lowest BCUT2D eigenvalue weighted by molar-refractivity contribution is 0.189. The molecule has 5 nitrogen and oxygen atoms in total. The maximum atomic E-state index is 8.72. The molecule has 0 amide bonds. The predicted molar refractivity (Wildman–Crippen MR) is 79.5 cm³/mol. The lowest BCUT2D eigenvalue weighted by Crippen LogP contribution is -2.39. The second kappa shape index (κ2) is 7.70. The Morgan fingerprint density at radius 1 is 1.42 bits per heavy atom. The highest BCUT2D eigenvalue weighted by Crippen LogP contribution is 2.20. The summed E-state index contributed by atoms with van der Waals surface area (Å²) in [6.07, 6.45) is 3.48. The normalized spacial score (nSPS) is 19.8. The average molecular weight is 270 g/mol. The zero-order valence-corrected chi connectivity index (χ0v) is 12.7. The average Bonchev–Trinajstić information content (AvgIpc) is 2.43. The molecule has 1 heterocycles. The molecule has 1 aliphatic rings. The van der Waals surface area contributed by atoms with Gasteiger partial charge in [0.05, 0.1) is 0 Å². The Bertz CT molecular complexity index is 283. The van der Waals surface area contributed by atoms with Gasteiger partial charge in [-0.25, -0.2) is 0 Å². The van der Waals surface area contributed by atoms with Gasteiger partial charge in [0.15, 0.2) is 0 Å². The van der Waals surface area contributed by atoms with Gasteiger partial charge in [-0.05, 0) is 57.9 Å². The summed E-state index contributed by atoms with van der Waals surface area (Å²) < 4.78 is 0. The van der Waals surface area contributed by atoms with Gasteiger partial charge in [-0.1, -0.05) is 25.9 Å². The van der Waals surface area contributed by atoms with Gasteiger partial charge in [0.1, 0.15) is 5.84 Å². The summed E-state index contributed by atoms with van der Waals surface area (Å²) in [5.74, 6) is 1.11. The Kier molecular flexibility index (Phi) is 6.58. The molecule has 0 bridgehead atoms. The molecule has 0 saturated carbocycles. The van der Waals surface area contributed by atoms with Gasteiger partial charge >= 0.3 is 0 Å². The van der Waals surface area contributed by atoms with Crippen molar-refractivity contribution in [3.63, 3.8) is 0 Å². The summed E-state index contributed by atoms with van der Waals surface area (Å²) in [5, 5.41) is 15.3. The van der Waals surface area contributed by atoms with Gasteiger partial charge in [-0.2, -0.15) is 0 Å². The van der Waals surface area contributed by atoms with E-state index in [1.807, 2.05) is 13.8 Å². The topological polar surface area (TPSA) is 73.9 Å². The number of nitrogens with two attached hydrogens (primary N) is 1. The molecule has 0 aromatic rings. The molecule has 19 heavy (non-hydrogen) atoms. The third kappa shape index (κ3) is 5.37. The summed E-state index contributed by atoms with van der Waals surface area (Å²) in [6.45, 7) is 11.9. The van der Waals surface area contributed by atoms with Crippen LogP contribution in [0.1, 0.15) is 40.0 Å². The maximum absolute atomic E-state index is 8.72. The minimum Gasteiger partial charge on any atom is -0.409 e. The van der Waals surface area contributed by atoms with Gasteiger partial charge in [0.25, 0.3) is 0 Å². The van der Waals surface area contributed by atoms with E-state index < -0.39 is 0 Å². The molecular weight excluding hydrogens is 240 g/mol. The first-order valence-electron chi connectivity index (χ1n) is 7.40. The van der Waals surface area contributed by atoms with Crippen molar-refractivity contribution in [1.29, 1.82) is 0 Å². The second-order valence-corrected chi connectivity index (χ2v) is 6.20. The smallest absolute Gasteiger partial charge is 0.144 e. The van der Waals surface area contributed by atoms with Crippen molar-refractivity contribution in [1.82, 2.24) is 10.2 Å². The van der Waals surface area contributed by atoms with E-state index in [2.05, 4.69) is 22.3 Å². The molecule has 0 unspecified atom stereocenters. The van der Waals surface area contributed by atoms with Crippen LogP contribution in [0.4, 0.5) is 0 Å². The standard InChI is InChI=1S/C14H30N4O/c1-4-18-9-5-12(6-10-18)11-16-8-7-14(2,3)13(15)17-19/h12,16,19H,4-11H2,1-3H3,(H2,15,17). The number of hydrogen-bond donors (Lipinski definition) is 3. The zero-order chi connectivity index (χ0) is 14.3. The van der Waals surface area contributed by atoms with E-state index in [9.17, 15) is 0 Å². The lowest BCUT2D eigenvalue weighted by atomic mass is 9.88. The van der Waals surface area contributed by atoms with Crippen LogP contribution >= 0.6 is 0 Å². The van der Waals surface area contributed by atoms with Gasteiger partial charge < -0.3 is 21.2 Å². The first-order chi connectivity index (χ1) is 8.99. The molecule has 1 saturated heterocycles. The van der Waals surface area contributed by atoms with Crippen molar-refractivity contribution in [2.75, 3.05) is 32.7 Å². The van der Waals surface area contributed by atoms with E-state index in [1.165, 1.54) is 32.5 Å². The van der Waals surface area contributed by atoms with Crippen molar-refractivity contribution in [3.8, 4) is 0 Å². The monoisotopic (exact) mass is 270 g/mol. The highest BCUT2D eigenvalue weighted by molar-refractivity contribution is 5.85. The second-order valence-electron chi connectivity index (χ2n) is 6.20. The zero-order valence-electron chi connectivity index (χ0n) is 12.7. The van der Waals surface area contributed by atoms with Gasteiger partial charge in [-0.15, -0.1) is 0 Å². The summed E-state index contributed by atoms with van der Waals surface area (Å²) in [7, 11) is 0. The van der Waals surface area contributed by atoms with E-state index in [-0.39, 0.29) is 5.41 Å². The van der Waals surface area contributed by atoms with Crippen LogP contribution in [-0.4, -0.2) is 48.7 Å². The Labute approximate surface area is 117 Å². The lowest BCUT2D eigenvalue weighted by Gasteiger charge is -2.31. The third-order valence-corrected chi connectivity index (χ3v) is 4.32. The van der Waals surface area contributed by atoms with Crippen LogP contribution < -0.4 is 11.1 Å². The van der Waals surface area contributed by atoms with E-state index in [4.69, 9.17) is 10.9 Å². The Hall–Kier alpha value is -0.810. The number of nitrogens with zero attached hydrogens (tertiary/aromatic N) is 2. The fraction of sp³-hybridized carbons (Fsp3) is 0.929. The number of rotatable bonds is 7. The molecule has 0 spiro atoms. The molecule has 4 N–H and O–H groups in total. The van der Waals surface area contributed by atoms with Crippen LogP contribution in [0.5, 0.6) is 0 Å². The quantitative estimate of drug-likeness (QED) is 0.215. The molecule has 0 aromatic heterocycles. The van der Waals surface area contributed by atoms with Gasteiger partial charge in [-0.3, -0.25) is 0 Å². The SMILES string of the molecule is CCN1CCC(CNCCC(C)(C)C(N)=NO)CC1. The Morgan fingerprint density at radius 2 is 2.05 bits per heavy atom. The fourth-order valence-electron chi connectivity index (χ4n) is 2.48. The van der Waals surface area contributed by atoms with Crippen molar-refractivity contribution < 1.29 is 5.21 Å². The highest BCUT2D eigenvalue weighted by Gasteiger charge is 2.23. The molecule has 5 heteroatoms. The largest absolute Gasteiger partial charge is 0.409 e. The molecule has 1 aliphatic heterocycles. The molecule has 0 aliphatic carbocycles. The van der Waals surface area contributed by atoms with Crippen LogP contribution in [0.2, 0.25) is 0 Å². The number of amidine groups is 1. The summed E-state index contributed by atoms with van der Waals surface area (Å²) in [4.78, 5) is 2.51. The van der Waals surface area contributed by atoms with Crippen LogP contribution in [0.3, 0.4) is 0 Å². The minimum atomic E-state index is -0.243. The maximum Gasteiger partial charge on any atom is 0.144 e. The minimum absolute atomic E-state index is 0.243. The summed E-state index contributed by atoms with van der Waals surface area (Å²) in [5.41, 5.74) is 5.43. The fourth-order valence-corrected chi connectivity index (χ4v) is 2.48. The van der Waals surface area contributed by atoms with Crippen molar-refractivity contribution in [2.24, 2.45) is 22.2 Å². The molecule has 0 aromatic carbocycles. The first-order valence-corrected chi connectivity index (χ1v) is 7.40. The van der Waals surface area contributed by atoms with Gasteiger partial charge in [0.2, 0.25) is 0 Å². The molecule has 0 radical (unpaired) electrons. The van der Waals surface area contributed by atoms with Crippen LogP contribution in [0.15, 0.2) is 5.16 Å². The van der Waals surface area contributed by atoms with Gasteiger partial charge in [0, 0.05) is 5.41 Å². The number of nitrogens with one attached hydrogen (secondary N) is 1. The van der Waals surface area contributed by atoms with Crippen molar-refractivity contribution in [3.05, 3.63) is 0 Å². The molecule has 0 atom stereocenters. The Morgan fingerprint density at radius 3 is 2.58 bits per heavy atom. The molecule has 1 fully saturated rings. The molecule has 112 valence electrons. The summed E-state index contributed by atoms with van der Waals surface area (Å²) in [6, 6.07) is 0. The van der Waals surface area contributed by atoms with Crippen LogP contribution in [-0.2, 0) is 0 Å². The summed E-state index contributed by atoms with van der Waals surface area (Å²) >= 11 is 0. The van der Waals surface area contributed by atoms with Crippen molar-refractivity contribution in [2.45, 2.75) is 40.0 Å². The Balaban J connectivity index is 2.15.